The normalized spacial score (nSPS) is 23.0. The Morgan fingerprint density at radius 3 is 2.44 bits per heavy atom. The Labute approximate surface area is 210 Å². The van der Waals surface area contributed by atoms with Crippen molar-refractivity contribution >= 4 is 23.9 Å². The van der Waals surface area contributed by atoms with Crippen LogP contribution in [0.1, 0.15) is 36.8 Å². The number of likely N-dealkylation sites (tertiary alicyclic amines) is 1. The molecule has 0 radical (unpaired) electrons. The van der Waals surface area contributed by atoms with E-state index in [1.54, 1.807) is 0 Å². The Morgan fingerprint density at radius 1 is 1.11 bits per heavy atom. The fourth-order valence-corrected chi connectivity index (χ4v) is 4.88. The van der Waals surface area contributed by atoms with Gasteiger partial charge in [0.25, 0.3) is 0 Å². The fraction of sp³-hybridized carbons (Fsp3) is 0.600. The molecule has 11 heteroatoms. The van der Waals surface area contributed by atoms with Crippen molar-refractivity contribution in [1.82, 2.24) is 14.8 Å². The number of ether oxygens (including phenoxy) is 1. The first-order valence-corrected chi connectivity index (χ1v) is 12.4. The zero-order chi connectivity index (χ0) is 25.5. The molecule has 1 aromatic rings. The highest BCUT2D eigenvalue weighted by molar-refractivity contribution is 6.01. The first kappa shape index (κ1) is 26.1. The van der Waals surface area contributed by atoms with Crippen LogP contribution in [0.25, 0.3) is 0 Å². The Balaban J connectivity index is 1.31. The summed E-state index contributed by atoms with van der Waals surface area (Å²) in [6.45, 7) is 4.52. The third kappa shape index (κ3) is 7.25. The quantitative estimate of drug-likeness (QED) is 0.454. The molecular formula is C25H35N5O6. The van der Waals surface area contributed by atoms with Crippen LogP contribution in [0.4, 0.5) is 0 Å². The molecule has 11 nitrogen and oxygen atoms in total. The van der Waals surface area contributed by atoms with E-state index in [0.717, 1.165) is 43.0 Å². The molecule has 0 saturated carbocycles. The van der Waals surface area contributed by atoms with Gasteiger partial charge in [-0.2, -0.15) is 5.10 Å². The maximum atomic E-state index is 11.2. The van der Waals surface area contributed by atoms with Crippen LogP contribution in [0.15, 0.2) is 34.5 Å². The Bertz CT molecular complexity index is 966. The monoisotopic (exact) mass is 501 g/mol. The van der Waals surface area contributed by atoms with Gasteiger partial charge in [0.05, 0.1) is 24.1 Å². The Morgan fingerprint density at radius 2 is 1.81 bits per heavy atom. The first-order valence-electron chi connectivity index (χ1n) is 12.4. The lowest BCUT2D eigenvalue weighted by Crippen LogP contribution is -2.49. The van der Waals surface area contributed by atoms with E-state index >= 15 is 0 Å². The number of piperidine rings is 1. The van der Waals surface area contributed by atoms with E-state index in [2.05, 4.69) is 27.2 Å². The second kappa shape index (κ2) is 11.8. The lowest BCUT2D eigenvalue weighted by Gasteiger charge is -2.41. The van der Waals surface area contributed by atoms with E-state index < -0.39 is 24.1 Å². The molecule has 0 amide bonds. The van der Waals surface area contributed by atoms with Gasteiger partial charge in [0, 0.05) is 52.1 Å². The third-order valence-corrected chi connectivity index (χ3v) is 7.05. The van der Waals surface area contributed by atoms with Gasteiger partial charge in [-0.15, -0.1) is 0 Å². The van der Waals surface area contributed by atoms with Gasteiger partial charge in [0.2, 0.25) is 0 Å². The van der Waals surface area contributed by atoms with Gasteiger partial charge in [-0.3, -0.25) is 14.7 Å². The lowest BCUT2D eigenvalue weighted by atomic mass is 9.84. The second-order valence-electron chi connectivity index (χ2n) is 9.83. The van der Waals surface area contributed by atoms with Crippen molar-refractivity contribution < 1.29 is 29.4 Å². The van der Waals surface area contributed by atoms with Crippen molar-refractivity contribution in [3.63, 3.8) is 0 Å². The van der Waals surface area contributed by atoms with Gasteiger partial charge in [-0.1, -0.05) is 29.4 Å². The molecule has 3 aliphatic heterocycles. The zero-order valence-corrected chi connectivity index (χ0v) is 20.7. The summed E-state index contributed by atoms with van der Waals surface area (Å²) >= 11 is 0. The van der Waals surface area contributed by atoms with Gasteiger partial charge in [0.15, 0.2) is 0 Å². The number of piperazine rings is 1. The summed E-state index contributed by atoms with van der Waals surface area (Å²) in [5.74, 6) is -1.90. The SMILES string of the molecule is CN1CCN(/N=C/c2ccc(C3=NOC(CC4(OCC(=O)O)CCN(CC(=O)O)CC4)C3)cc2)CC1. The summed E-state index contributed by atoms with van der Waals surface area (Å²) < 4.78 is 5.86. The molecule has 1 aromatic carbocycles. The second-order valence-corrected chi connectivity index (χ2v) is 9.83. The predicted octanol–water partition coefficient (Wildman–Crippen LogP) is 1.17. The summed E-state index contributed by atoms with van der Waals surface area (Å²) in [5.41, 5.74) is 2.17. The van der Waals surface area contributed by atoms with Crippen LogP contribution in [-0.4, -0.2) is 120 Å². The molecule has 0 bridgehead atoms. The standard InChI is InChI=1S/C25H35N5O6/c1-28-10-12-30(13-11-28)26-16-19-2-4-20(5-3-19)22-14-21(36-27-22)15-25(35-18-24(33)34)6-8-29(9-7-25)17-23(31)32/h2-5,16,21H,6-15,17-18H2,1H3,(H,31,32)(H,33,34)/b26-16+. The summed E-state index contributed by atoms with van der Waals surface area (Å²) in [5, 5.41) is 29.2. The van der Waals surface area contributed by atoms with Crippen LogP contribution in [0.3, 0.4) is 0 Å². The number of hydrogen-bond donors (Lipinski definition) is 2. The van der Waals surface area contributed by atoms with Crippen LogP contribution in [-0.2, 0) is 19.2 Å². The number of carboxylic acids is 2. The molecule has 3 heterocycles. The van der Waals surface area contributed by atoms with Crippen LogP contribution >= 0.6 is 0 Å². The first-order chi connectivity index (χ1) is 17.3. The summed E-state index contributed by atoms with van der Waals surface area (Å²) in [7, 11) is 2.12. The molecule has 1 atom stereocenters. The van der Waals surface area contributed by atoms with E-state index in [-0.39, 0.29) is 12.6 Å². The Kier molecular flexibility index (Phi) is 8.55. The van der Waals surface area contributed by atoms with Gasteiger partial charge in [0.1, 0.15) is 12.7 Å². The van der Waals surface area contributed by atoms with Crippen LogP contribution in [0.2, 0.25) is 0 Å². The molecule has 0 aliphatic carbocycles. The van der Waals surface area contributed by atoms with Crippen LogP contribution in [0, 0.1) is 0 Å². The molecule has 0 aromatic heterocycles. The molecule has 3 aliphatic rings. The van der Waals surface area contributed by atoms with E-state index in [9.17, 15) is 9.59 Å². The van der Waals surface area contributed by atoms with E-state index in [1.165, 1.54) is 0 Å². The molecule has 0 spiro atoms. The molecule has 4 rings (SSSR count). The topological polar surface area (TPSA) is 127 Å². The molecular weight excluding hydrogens is 466 g/mol. The summed E-state index contributed by atoms with van der Waals surface area (Å²) in [4.78, 5) is 32.1. The predicted molar refractivity (Wildman–Crippen MR) is 133 cm³/mol. The smallest absolute Gasteiger partial charge is 0.329 e. The summed E-state index contributed by atoms with van der Waals surface area (Å²) in [6, 6.07) is 8.05. The van der Waals surface area contributed by atoms with E-state index in [1.807, 2.05) is 35.4 Å². The van der Waals surface area contributed by atoms with Gasteiger partial charge < -0.3 is 24.7 Å². The number of benzene rings is 1. The number of hydrogen-bond acceptors (Lipinski definition) is 9. The fourth-order valence-electron chi connectivity index (χ4n) is 4.88. The van der Waals surface area contributed by atoms with Crippen molar-refractivity contribution in [2.24, 2.45) is 10.3 Å². The van der Waals surface area contributed by atoms with Crippen LogP contribution in [0.5, 0.6) is 0 Å². The maximum absolute atomic E-state index is 11.2. The zero-order valence-electron chi connectivity index (χ0n) is 20.7. The molecule has 2 N–H and O–H groups in total. The molecule has 36 heavy (non-hydrogen) atoms. The van der Waals surface area contributed by atoms with Crippen molar-refractivity contribution in [3.8, 4) is 0 Å². The number of likely N-dealkylation sites (N-methyl/N-ethyl adjacent to an activating group) is 1. The van der Waals surface area contributed by atoms with Crippen molar-refractivity contribution in [3.05, 3.63) is 35.4 Å². The highest BCUT2D eigenvalue weighted by Crippen LogP contribution is 2.34. The molecule has 2 fully saturated rings. The number of rotatable bonds is 10. The van der Waals surface area contributed by atoms with Crippen molar-refractivity contribution in [2.75, 3.05) is 59.5 Å². The minimum Gasteiger partial charge on any atom is -0.480 e. The number of aliphatic carboxylic acids is 2. The minimum absolute atomic E-state index is 0.0295. The van der Waals surface area contributed by atoms with Gasteiger partial charge in [-0.05, 0) is 31.0 Å². The average molecular weight is 502 g/mol. The largest absolute Gasteiger partial charge is 0.480 e. The molecule has 1 unspecified atom stereocenters. The number of nitrogens with zero attached hydrogens (tertiary/aromatic N) is 5. The minimum atomic E-state index is -1.03. The van der Waals surface area contributed by atoms with E-state index in [4.69, 9.17) is 19.8 Å². The highest BCUT2D eigenvalue weighted by Gasteiger charge is 2.40. The lowest BCUT2D eigenvalue weighted by molar-refractivity contribution is -0.159. The molecule has 196 valence electrons. The van der Waals surface area contributed by atoms with Gasteiger partial charge >= 0.3 is 11.9 Å². The average Bonchev–Trinajstić information content (AvgIpc) is 3.32. The maximum Gasteiger partial charge on any atom is 0.329 e. The van der Waals surface area contributed by atoms with Crippen molar-refractivity contribution in [2.45, 2.75) is 37.4 Å². The van der Waals surface area contributed by atoms with Crippen molar-refractivity contribution in [1.29, 1.82) is 0 Å². The summed E-state index contributed by atoms with van der Waals surface area (Å²) in [6.07, 6.45) is 3.85. The van der Waals surface area contributed by atoms with Gasteiger partial charge in [-0.25, -0.2) is 4.79 Å². The Hall–Kier alpha value is -3.02. The number of hydrazone groups is 1. The van der Waals surface area contributed by atoms with E-state index in [0.29, 0.717) is 38.8 Å². The highest BCUT2D eigenvalue weighted by atomic mass is 16.6. The van der Waals surface area contributed by atoms with Crippen LogP contribution < -0.4 is 0 Å². The number of carboxylic acid groups (broad SMARTS) is 2. The number of oxime groups is 1. The number of carbonyl (C=O) groups is 2. The third-order valence-electron chi connectivity index (χ3n) is 7.05. The molecule has 2 saturated heterocycles.